The summed E-state index contributed by atoms with van der Waals surface area (Å²) in [6, 6.07) is 9.92. The Morgan fingerprint density at radius 3 is 2.60 bits per heavy atom. The molecular formula is C31H36F3N5O4. The van der Waals surface area contributed by atoms with E-state index in [1.54, 1.807) is 12.3 Å². The molecule has 2 amide bonds. The summed E-state index contributed by atoms with van der Waals surface area (Å²) in [7, 11) is 0. The van der Waals surface area contributed by atoms with Crippen LogP contribution in [0.4, 0.5) is 23.7 Å². The molecule has 230 valence electrons. The fourth-order valence-electron chi connectivity index (χ4n) is 5.10. The topological polar surface area (TPSA) is 112 Å². The number of rotatable bonds is 3. The van der Waals surface area contributed by atoms with E-state index in [0.717, 1.165) is 47.6 Å². The largest absolute Gasteiger partial charge is 0.530 e. The first-order chi connectivity index (χ1) is 20.2. The van der Waals surface area contributed by atoms with Crippen LogP contribution in [0, 0.1) is 6.92 Å². The highest BCUT2D eigenvalue weighted by Gasteiger charge is 2.34. The Morgan fingerprint density at radius 1 is 1.14 bits per heavy atom. The van der Waals surface area contributed by atoms with Crippen molar-refractivity contribution in [3.63, 3.8) is 0 Å². The van der Waals surface area contributed by atoms with Crippen molar-refractivity contribution in [2.75, 3.05) is 31.6 Å². The summed E-state index contributed by atoms with van der Waals surface area (Å²) >= 11 is 0. The summed E-state index contributed by atoms with van der Waals surface area (Å²) in [6.07, 6.45) is -1.90. The van der Waals surface area contributed by atoms with E-state index in [1.165, 1.54) is 28.3 Å². The highest BCUT2D eigenvalue weighted by molar-refractivity contribution is 6.04. The number of aryl methyl sites for hydroxylation is 1. The predicted octanol–water partition coefficient (Wildman–Crippen LogP) is 3.20. The van der Waals surface area contributed by atoms with Gasteiger partial charge in [-0.3, -0.25) is 4.79 Å². The quantitative estimate of drug-likeness (QED) is 0.479. The van der Waals surface area contributed by atoms with Crippen molar-refractivity contribution >= 4 is 17.7 Å². The van der Waals surface area contributed by atoms with E-state index < -0.39 is 23.7 Å². The lowest BCUT2D eigenvalue weighted by Crippen LogP contribution is -3.20. The van der Waals surface area contributed by atoms with Gasteiger partial charge in [-0.1, -0.05) is 12.1 Å². The first-order valence-corrected chi connectivity index (χ1v) is 14.0. The number of carboxylic acid groups (broad SMARTS) is 1. The lowest BCUT2D eigenvalue weighted by Gasteiger charge is -2.39. The molecule has 5 rings (SSSR count). The maximum atomic E-state index is 12.9. The number of amides is 2. The molecule has 0 radical (unpaired) electrons. The number of carbonyl (C=O) groups is 2. The second-order valence-electron chi connectivity index (χ2n) is 11.7. The summed E-state index contributed by atoms with van der Waals surface area (Å²) in [5.41, 5.74) is 3.59. The number of anilines is 1. The van der Waals surface area contributed by atoms with Gasteiger partial charge in [0.1, 0.15) is 31.6 Å². The van der Waals surface area contributed by atoms with E-state index in [1.807, 2.05) is 19.1 Å². The number of nitrogens with one attached hydrogen (secondary N) is 2. The SMILES string of the molecule is Cc1ccc(NC(=O)c2cccc(C(F)(F)F)c2)cc1C1C[NH+](C(C)(C)C)CCO1.O=C([O-])N1CCc2cncnc2C1. The lowest BCUT2D eigenvalue weighted by molar-refractivity contribution is -0.957. The maximum absolute atomic E-state index is 12.9. The molecule has 0 spiro atoms. The first-order valence-electron chi connectivity index (χ1n) is 14.0. The predicted molar refractivity (Wildman–Crippen MR) is 151 cm³/mol. The number of hydrogen-bond donors (Lipinski definition) is 2. The number of benzene rings is 2. The Hall–Kier alpha value is -4.03. The molecule has 2 aliphatic rings. The summed E-state index contributed by atoms with van der Waals surface area (Å²) < 4.78 is 44.8. The molecule has 2 aliphatic heterocycles. The summed E-state index contributed by atoms with van der Waals surface area (Å²) in [4.78, 5) is 33.6. The van der Waals surface area contributed by atoms with Crippen LogP contribution in [0.5, 0.6) is 0 Å². The minimum Gasteiger partial charge on any atom is -0.530 e. The van der Waals surface area contributed by atoms with Crippen molar-refractivity contribution in [2.45, 2.75) is 58.5 Å². The molecule has 2 aromatic carbocycles. The van der Waals surface area contributed by atoms with E-state index in [-0.39, 0.29) is 17.2 Å². The lowest BCUT2D eigenvalue weighted by atomic mass is 9.98. The summed E-state index contributed by atoms with van der Waals surface area (Å²) in [5.74, 6) is -0.581. The zero-order valence-corrected chi connectivity index (χ0v) is 24.6. The Labute approximate surface area is 248 Å². The highest BCUT2D eigenvalue weighted by atomic mass is 19.4. The molecule has 0 saturated carbocycles. The van der Waals surface area contributed by atoms with Crippen molar-refractivity contribution in [3.05, 3.63) is 88.5 Å². The van der Waals surface area contributed by atoms with Crippen LogP contribution in [0.3, 0.4) is 0 Å². The fourth-order valence-corrected chi connectivity index (χ4v) is 5.10. The van der Waals surface area contributed by atoms with Gasteiger partial charge in [0.25, 0.3) is 5.91 Å². The number of halogens is 3. The van der Waals surface area contributed by atoms with Gasteiger partial charge in [-0.25, -0.2) is 9.97 Å². The van der Waals surface area contributed by atoms with Crippen molar-refractivity contribution in [1.29, 1.82) is 0 Å². The number of nitrogens with zero attached hydrogens (tertiary/aromatic N) is 3. The smallest absolute Gasteiger partial charge is 0.416 e. The average Bonchev–Trinajstić information content (AvgIpc) is 2.97. The second-order valence-corrected chi connectivity index (χ2v) is 11.7. The number of alkyl halides is 3. The minimum absolute atomic E-state index is 0.0378. The Balaban J connectivity index is 0.000000269. The van der Waals surface area contributed by atoms with Crippen LogP contribution >= 0.6 is 0 Å². The van der Waals surface area contributed by atoms with Gasteiger partial charge in [0.2, 0.25) is 0 Å². The highest BCUT2D eigenvalue weighted by Crippen LogP contribution is 2.30. The number of aromatic nitrogens is 2. The van der Waals surface area contributed by atoms with Crippen LogP contribution in [0.1, 0.15) is 65.2 Å². The number of ether oxygens (including phenoxy) is 1. The monoisotopic (exact) mass is 599 g/mol. The fraction of sp³-hybridized carbons (Fsp3) is 0.419. The van der Waals surface area contributed by atoms with E-state index in [0.29, 0.717) is 31.8 Å². The average molecular weight is 600 g/mol. The number of carbonyl (C=O) groups excluding carboxylic acids is 2. The van der Waals surface area contributed by atoms with Crippen LogP contribution in [0.2, 0.25) is 0 Å². The van der Waals surface area contributed by atoms with Crippen LogP contribution in [-0.4, -0.2) is 58.6 Å². The van der Waals surface area contributed by atoms with Crippen molar-refractivity contribution < 1.29 is 37.5 Å². The molecule has 43 heavy (non-hydrogen) atoms. The van der Waals surface area contributed by atoms with Crippen molar-refractivity contribution in [2.24, 2.45) is 0 Å². The van der Waals surface area contributed by atoms with Crippen LogP contribution < -0.4 is 15.3 Å². The van der Waals surface area contributed by atoms with Gasteiger partial charge < -0.3 is 29.8 Å². The first kappa shape index (κ1) is 31.9. The molecule has 2 N–H and O–H groups in total. The molecule has 1 saturated heterocycles. The van der Waals surface area contributed by atoms with E-state index in [2.05, 4.69) is 36.1 Å². The Kier molecular flexibility index (Phi) is 9.71. The standard InChI is InChI=1S/C23H27F3N2O2.C8H9N3O2/c1-15-8-9-18(13-19(15)20-14-28(10-11-30-20)22(2,3)4)27-21(29)16-6-5-7-17(12-16)23(24,25)26;12-8(13)11-2-1-6-3-9-5-10-7(6)4-11/h5-9,12-13,20H,10-11,14H2,1-4H3,(H,27,29);3,5H,1-2,4H2,(H,12,13). The molecule has 2 atom stereocenters. The molecule has 9 nitrogen and oxygen atoms in total. The third kappa shape index (κ3) is 8.29. The molecule has 1 fully saturated rings. The molecule has 3 aromatic rings. The summed E-state index contributed by atoms with van der Waals surface area (Å²) in [6.45, 7) is 11.8. The third-order valence-corrected chi connectivity index (χ3v) is 7.68. The van der Waals surface area contributed by atoms with E-state index in [4.69, 9.17) is 4.74 Å². The molecular weight excluding hydrogens is 563 g/mol. The molecule has 0 aliphatic carbocycles. The number of quaternary nitrogens is 1. The number of fused-ring (bicyclic) bond motifs is 1. The number of hydrogen-bond acceptors (Lipinski definition) is 6. The van der Waals surface area contributed by atoms with Crippen LogP contribution in [0.25, 0.3) is 0 Å². The zero-order chi connectivity index (χ0) is 31.4. The second kappa shape index (κ2) is 13.1. The Morgan fingerprint density at radius 2 is 1.91 bits per heavy atom. The summed E-state index contributed by atoms with van der Waals surface area (Å²) in [5, 5.41) is 13.3. The van der Waals surface area contributed by atoms with Gasteiger partial charge >= 0.3 is 6.18 Å². The van der Waals surface area contributed by atoms with Gasteiger partial charge in [0.05, 0.1) is 29.9 Å². The van der Waals surface area contributed by atoms with Gasteiger partial charge in [-0.05, 0) is 81.1 Å². The molecule has 12 heteroatoms. The van der Waals surface area contributed by atoms with Crippen molar-refractivity contribution in [1.82, 2.24) is 14.9 Å². The van der Waals surface area contributed by atoms with Crippen LogP contribution in [-0.2, 0) is 23.9 Å². The normalized spacial score (nSPS) is 18.6. The van der Waals surface area contributed by atoms with E-state index in [9.17, 15) is 27.9 Å². The van der Waals surface area contributed by atoms with E-state index >= 15 is 0 Å². The van der Waals surface area contributed by atoms with Gasteiger partial charge in [0, 0.05) is 24.0 Å². The maximum Gasteiger partial charge on any atom is 0.416 e. The molecule has 1 aromatic heterocycles. The third-order valence-electron chi connectivity index (χ3n) is 7.68. The Bertz CT molecular complexity index is 1460. The van der Waals surface area contributed by atoms with Gasteiger partial charge in [-0.15, -0.1) is 0 Å². The molecule has 0 bridgehead atoms. The van der Waals surface area contributed by atoms with Gasteiger partial charge in [-0.2, -0.15) is 13.2 Å². The minimum atomic E-state index is -4.49. The zero-order valence-electron chi connectivity index (χ0n) is 24.6. The van der Waals surface area contributed by atoms with Gasteiger partial charge in [0.15, 0.2) is 0 Å². The van der Waals surface area contributed by atoms with Crippen molar-refractivity contribution in [3.8, 4) is 0 Å². The molecule has 2 unspecified atom stereocenters. The molecule has 3 heterocycles. The van der Waals surface area contributed by atoms with Crippen LogP contribution in [0.15, 0.2) is 55.0 Å². The number of morpholine rings is 1.